The molecule has 0 bridgehead atoms. The molecule has 0 spiro atoms. The van der Waals surface area contributed by atoms with Crippen LogP contribution in [0.25, 0.3) is 11.4 Å². The van der Waals surface area contributed by atoms with Crippen molar-refractivity contribution in [3.63, 3.8) is 0 Å². The van der Waals surface area contributed by atoms with Crippen LogP contribution < -0.4 is 0 Å². The fraction of sp³-hybridized carbons (Fsp3) is 0.222. The van der Waals surface area contributed by atoms with E-state index in [1.54, 1.807) is 4.68 Å². The lowest BCUT2D eigenvalue weighted by atomic mass is 10.1. The molecule has 0 radical (unpaired) electrons. The zero-order valence-corrected chi connectivity index (χ0v) is 12.8. The maximum Gasteiger partial charge on any atom is 0.158 e. The second-order valence-corrected chi connectivity index (χ2v) is 5.41. The van der Waals surface area contributed by atoms with Gasteiger partial charge in [-0.2, -0.15) is 5.10 Å². The molecule has 0 saturated carbocycles. The Kier molecular flexibility index (Phi) is 4.02. The van der Waals surface area contributed by atoms with Crippen LogP contribution in [0.1, 0.15) is 23.1 Å². The van der Waals surface area contributed by atoms with Crippen LogP contribution in [0.3, 0.4) is 0 Å². The van der Waals surface area contributed by atoms with E-state index in [0.717, 1.165) is 22.5 Å². The van der Waals surface area contributed by atoms with E-state index >= 15 is 0 Å². The predicted molar refractivity (Wildman–Crippen MR) is 86.3 cm³/mol. The molecule has 1 unspecified atom stereocenters. The number of hydrogen-bond acceptors (Lipinski definition) is 3. The first-order valence-corrected chi connectivity index (χ1v) is 7.35. The molecule has 3 aromatic rings. The van der Waals surface area contributed by atoms with Crippen molar-refractivity contribution in [2.75, 3.05) is 0 Å². The second kappa shape index (κ2) is 6.12. The third kappa shape index (κ3) is 2.92. The van der Waals surface area contributed by atoms with Crippen molar-refractivity contribution in [1.82, 2.24) is 14.8 Å². The van der Waals surface area contributed by atoms with Crippen LogP contribution in [0.4, 0.5) is 0 Å². The van der Waals surface area contributed by atoms with Gasteiger partial charge in [0.05, 0.1) is 12.6 Å². The second-order valence-electron chi connectivity index (χ2n) is 5.41. The minimum Gasteiger partial charge on any atom is -0.386 e. The van der Waals surface area contributed by atoms with E-state index < -0.39 is 6.10 Å². The molecule has 0 amide bonds. The molecular formula is C18H19N3O. The van der Waals surface area contributed by atoms with Gasteiger partial charge in [0.1, 0.15) is 5.82 Å². The van der Waals surface area contributed by atoms with E-state index in [1.165, 1.54) is 0 Å². The number of rotatable bonds is 4. The lowest BCUT2D eigenvalue weighted by molar-refractivity contribution is 0.152. The number of aromatic nitrogens is 3. The van der Waals surface area contributed by atoms with Gasteiger partial charge in [-0.15, -0.1) is 0 Å². The van der Waals surface area contributed by atoms with Gasteiger partial charge in [-0.05, 0) is 25.0 Å². The minimum atomic E-state index is -0.606. The molecule has 22 heavy (non-hydrogen) atoms. The molecule has 4 heteroatoms. The normalized spacial score (nSPS) is 12.3. The molecule has 1 atom stereocenters. The number of nitrogens with zero attached hydrogens (tertiary/aromatic N) is 3. The smallest absolute Gasteiger partial charge is 0.158 e. The van der Waals surface area contributed by atoms with Crippen molar-refractivity contribution >= 4 is 0 Å². The number of hydrogen-bond donors (Lipinski definition) is 1. The van der Waals surface area contributed by atoms with Gasteiger partial charge in [0.15, 0.2) is 5.82 Å². The highest BCUT2D eigenvalue weighted by atomic mass is 16.3. The number of benzene rings is 2. The van der Waals surface area contributed by atoms with E-state index in [0.29, 0.717) is 12.4 Å². The highest BCUT2D eigenvalue weighted by Gasteiger charge is 2.15. The Morgan fingerprint density at radius 2 is 1.68 bits per heavy atom. The van der Waals surface area contributed by atoms with Gasteiger partial charge in [-0.1, -0.05) is 54.6 Å². The van der Waals surface area contributed by atoms with Crippen LogP contribution in [-0.4, -0.2) is 19.9 Å². The first-order valence-electron chi connectivity index (χ1n) is 7.35. The highest BCUT2D eigenvalue weighted by molar-refractivity contribution is 5.60. The topological polar surface area (TPSA) is 50.9 Å². The molecule has 3 rings (SSSR count). The van der Waals surface area contributed by atoms with E-state index in [9.17, 15) is 5.11 Å². The lowest BCUT2D eigenvalue weighted by Crippen LogP contribution is -2.11. The largest absolute Gasteiger partial charge is 0.386 e. The van der Waals surface area contributed by atoms with Crippen LogP contribution in [0, 0.1) is 13.8 Å². The molecule has 4 nitrogen and oxygen atoms in total. The summed E-state index contributed by atoms with van der Waals surface area (Å²) >= 11 is 0. The van der Waals surface area contributed by atoms with Gasteiger partial charge in [-0.3, -0.25) is 0 Å². The van der Waals surface area contributed by atoms with E-state index in [4.69, 9.17) is 0 Å². The summed E-state index contributed by atoms with van der Waals surface area (Å²) in [5.41, 5.74) is 3.07. The maximum atomic E-state index is 10.4. The van der Waals surface area contributed by atoms with E-state index in [-0.39, 0.29) is 0 Å². The summed E-state index contributed by atoms with van der Waals surface area (Å²) in [6.07, 6.45) is -0.606. The van der Waals surface area contributed by atoms with Crippen molar-refractivity contribution in [3.05, 3.63) is 71.5 Å². The third-order valence-electron chi connectivity index (χ3n) is 3.69. The molecule has 1 heterocycles. The first kappa shape index (κ1) is 14.5. The fourth-order valence-corrected chi connectivity index (χ4v) is 2.55. The van der Waals surface area contributed by atoms with Gasteiger partial charge < -0.3 is 5.11 Å². The Bertz CT molecular complexity index is 765. The van der Waals surface area contributed by atoms with E-state index in [2.05, 4.69) is 23.1 Å². The summed E-state index contributed by atoms with van der Waals surface area (Å²) in [4.78, 5) is 4.53. The Morgan fingerprint density at radius 1 is 1.00 bits per heavy atom. The van der Waals surface area contributed by atoms with Crippen molar-refractivity contribution in [2.45, 2.75) is 26.5 Å². The van der Waals surface area contributed by atoms with Crippen LogP contribution in [0.15, 0.2) is 54.6 Å². The first-order chi connectivity index (χ1) is 10.6. The highest BCUT2D eigenvalue weighted by Crippen LogP contribution is 2.23. The predicted octanol–water partition coefficient (Wildman–Crippen LogP) is 3.30. The number of aliphatic hydroxyl groups excluding tert-OH is 1. The maximum absolute atomic E-state index is 10.4. The monoisotopic (exact) mass is 293 g/mol. The SMILES string of the molecule is Cc1nc(-c2ccccc2C)n(CC(O)c2ccccc2)n1. The quantitative estimate of drug-likeness (QED) is 0.803. The Morgan fingerprint density at radius 3 is 2.41 bits per heavy atom. The van der Waals surface area contributed by atoms with E-state index in [1.807, 2.05) is 55.5 Å². The average molecular weight is 293 g/mol. The Hall–Kier alpha value is -2.46. The molecule has 0 saturated heterocycles. The molecule has 0 aliphatic heterocycles. The van der Waals surface area contributed by atoms with Crippen molar-refractivity contribution in [3.8, 4) is 11.4 Å². The van der Waals surface area contributed by atoms with Crippen LogP contribution in [-0.2, 0) is 6.54 Å². The van der Waals surface area contributed by atoms with Gasteiger partial charge in [0.25, 0.3) is 0 Å². The molecule has 112 valence electrons. The summed E-state index contributed by atoms with van der Waals surface area (Å²) in [6.45, 7) is 4.30. The van der Waals surface area contributed by atoms with Crippen LogP contribution >= 0.6 is 0 Å². The molecule has 1 aromatic heterocycles. The summed E-state index contributed by atoms with van der Waals surface area (Å²) in [5.74, 6) is 1.50. The van der Waals surface area contributed by atoms with Gasteiger partial charge >= 0.3 is 0 Å². The number of aryl methyl sites for hydroxylation is 2. The van der Waals surface area contributed by atoms with Gasteiger partial charge in [-0.25, -0.2) is 9.67 Å². The standard InChI is InChI=1S/C18H19N3O/c1-13-8-6-7-11-16(13)18-19-14(2)20-21(18)12-17(22)15-9-4-3-5-10-15/h3-11,17,22H,12H2,1-2H3. The number of aliphatic hydroxyl groups is 1. The van der Waals surface area contributed by atoms with Crippen LogP contribution in [0.5, 0.6) is 0 Å². The summed E-state index contributed by atoms with van der Waals surface area (Å²) in [6, 6.07) is 17.7. The van der Waals surface area contributed by atoms with Crippen molar-refractivity contribution in [1.29, 1.82) is 0 Å². The third-order valence-corrected chi connectivity index (χ3v) is 3.69. The molecule has 0 aliphatic carbocycles. The molecule has 0 aliphatic rings. The average Bonchev–Trinajstić information content (AvgIpc) is 2.89. The minimum absolute atomic E-state index is 0.383. The summed E-state index contributed by atoms with van der Waals surface area (Å²) < 4.78 is 1.79. The molecule has 1 N–H and O–H groups in total. The molecule has 2 aromatic carbocycles. The van der Waals surface area contributed by atoms with Gasteiger partial charge in [0.2, 0.25) is 0 Å². The molecular weight excluding hydrogens is 274 g/mol. The van der Waals surface area contributed by atoms with Gasteiger partial charge in [0, 0.05) is 5.56 Å². The summed E-state index contributed by atoms with van der Waals surface area (Å²) in [5, 5.41) is 14.9. The van der Waals surface area contributed by atoms with Crippen molar-refractivity contribution < 1.29 is 5.11 Å². The lowest BCUT2D eigenvalue weighted by Gasteiger charge is -2.13. The fourth-order valence-electron chi connectivity index (χ4n) is 2.55. The summed E-state index contributed by atoms with van der Waals surface area (Å²) in [7, 11) is 0. The zero-order valence-electron chi connectivity index (χ0n) is 12.8. The Balaban J connectivity index is 1.94. The Labute approximate surface area is 130 Å². The molecule has 0 fully saturated rings. The van der Waals surface area contributed by atoms with Crippen LogP contribution in [0.2, 0.25) is 0 Å². The zero-order chi connectivity index (χ0) is 15.5. The van der Waals surface area contributed by atoms with Crippen molar-refractivity contribution in [2.24, 2.45) is 0 Å².